The van der Waals surface area contributed by atoms with Crippen molar-refractivity contribution >= 4 is 60.7 Å². The number of carbonyl (C=O) groups excluding carboxylic acids is 1. The molecule has 0 bridgehead atoms. The van der Waals surface area contributed by atoms with Gasteiger partial charge in [-0.3, -0.25) is 28.2 Å². The van der Waals surface area contributed by atoms with Gasteiger partial charge >= 0.3 is 6.18 Å². The predicted octanol–water partition coefficient (Wildman–Crippen LogP) is 7.80. The summed E-state index contributed by atoms with van der Waals surface area (Å²) in [7, 11) is -1.53. The molecule has 13 nitrogen and oxygen atoms in total. The van der Waals surface area contributed by atoms with Crippen LogP contribution in [0.5, 0.6) is 0 Å². The monoisotopic (exact) mass is 948 g/mol. The smallest absolute Gasteiger partial charge is 0.344 e. The van der Waals surface area contributed by atoms with Gasteiger partial charge in [0, 0.05) is 58.7 Å². The molecule has 1 amide bonds. The van der Waals surface area contributed by atoms with Crippen molar-refractivity contribution < 1.29 is 48.5 Å². The number of carbonyl (C=O) groups is 1. The number of hydrogen-bond acceptors (Lipinski definition) is 8. The first-order valence-corrected chi connectivity index (χ1v) is 21.8. The molecule has 0 saturated heterocycles. The van der Waals surface area contributed by atoms with Gasteiger partial charge in [-0.2, -0.15) is 32.1 Å². The van der Waals surface area contributed by atoms with E-state index in [-0.39, 0.29) is 61.4 Å². The molecular formula is C41H30ClF9N10O3S. The lowest BCUT2D eigenvalue weighted by Gasteiger charge is -2.24. The molecule has 4 heterocycles. The first-order valence-electron chi connectivity index (χ1n) is 19.2. The van der Waals surface area contributed by atoms with Crippen molar-refractivity contribution in [2.24, 2.45) is 13.0 Å². The molecule has 65 heavy (non-hydrogen) atoms. The molecule has 1 saturated carbocycles. The number of alkyl halides is 7. The molecule has 0 spiro atoms. The maximum absolute atomic E-state index is 15.5. The predicted molar refractivity (Wildman–Crippen MR) is 220 cm³/mol. The van der Waals surface area contributed by atoms with Crippen LogP contribution in [0.25, 0.3) is 38.9 Å². The molecule has 2 N–H and O–H groups in total. The molecule has 1 fully saturated rings. The minimum Gasteiger partial charge on any atom is -0.344 e. The highest BCUT2D eigenvalue weighted by atomic mass is 35.5. The Labute approximate surface area is 365 Å². The largest absolute Gasteiger partial charge is 0.433 e. The molecule has 7 aromatic rings. The van der Waals surface area contributed by atoms with Crippen molar-refractivity contribution in [1.82, 2.24) is 44.4 Å². The summed E-state index contributed by atoms with van der Waals surface area (Å²) in [6.45, 7) is -1.06. The summed E-state index contributed by atoms with van der Waals surface area (Å²) in [6.07, 6.45) is -6.55. The third kappa shape index (κ3) is 7.82. The summed E-state index contributed by atoms with van der Waals surface area (Å²) < 4.78 is 148. The van der Waals surface area contributed by atoms with E-state index in [2.05, 4.69) is 36.1 Å². The number of amides is 1. The highest BCUT2D eigenvalue weighted by Crippen LogP contribution is 2.68. The first-order chi connectivity index (χ1) is 30.5. The molecule has 0 aliphatic heterocycles. The Hall–Kier alpha value is -6.49. The highest BCUT2D eigenvalue weighted by molar-refractivity contribution is 8.00. The highest BCUT2D eigenvalue weighted by Gasteiger charge is 2.67. The molecule has 338 valence electrons. The van der Waals surface area contributed by atoms with Crippen molar-refractivity contribution in [2.45, 2.75) is 49.9 Å². The van der Waals surface area contributed by atoms with E-state index in [1.54, 1.807) is 0 Å². The van der Waals surface area contributed by atoms with Gasteiger partial charge in [0.1, 0.15) is 41.1 Å². The van der Waals surface area contributed by atoms with Crippen LogP contribution < -0.4 is 15.6 Å². The van der Waals surface area contributed by atoms with Crippen LogP contribution in [-0.2, 0) is 46.6 Å². The summed E-state index contributed by atoms with van der Waals surface area (Å²) in [5, 5.41) is 10.7. The minimum atomic E-state index is -4.85. The Morgan fingerprint density at radius 2 is 1.77 bits per heavy atom. The Kier molecular flexibility index (Phi) is 10.3. The quantitative estimate of drug-likeness (QED) is 0.0985. The Morgan fingerprint density at radius 1 is 1.05 bits per heavy atom. The minimum absolute atomic E-state index is 0.0182. The Morgan fingerprint density at radius 3 is 2.45 bits per heavy atom. The van der Waals surface area contributed by atoms with Crippen molar-refractivity contribution in [2.75, 3.05) is 11.0 Å². The molecule has 24 heteroatoms. The van der Waals surface area contributed by atoms with E-state index >= 15 is 13.6 Å². The van der Waals surface area contributed by atoms with E-state index in [0.717, 1.165) is 22.9 Å². The second-order valence-corrected chi connectivity index (χ2v) is 18.4. The number of aromatic nitrogens is 8. The number of nitrogens with zero attached hydrogens (tertiary/aromatic N) is 8. The molecule has 4 atom stereocenters. The lowest BCUT2D eigenvalue weighted by molar-refractivity contribution is -0.141. The summed E-state index contributed by atoms with van der Waals surface area (Å²) in [5.41, 5.74) is -4.52. The first kappa shape index (κ1) is 43.7. The van der Waals surface area contributed by atoms with E-state index in [1.165, 1.54) is 48.3 Å². The van der Waals surface area contributed by atoms with Gasteiger partial charge in [0.2, 0.25) is 5.91 Å². The van der Waals surface area contributed by atoms with Crippen LogP contribution in [0, 0.1) is 17.6 Å². The van der Waals surface area contributed by atoms with Gasteiger partial charge in [0.15, 0.2) is 11.6 Å². The van der Waals surface area contributed by atoms with Crippen molar-refractivity contribution in [3.63, 3.8) is 0 Å². The summed E-state index contributed by atoms with van der Waals surface area (Å²) in [6, 6.07) is 7.85. The van der Waals surface area contributed by atoms with Crippen molar-refractivity contribution in [3.05, 3.63) is 122 Å². The van der Waals surface area contributed by atoms with Gasteiger partial charge in [0.05, 0.1) is 38.6 Å². The van der Waals surface area contributed by atoms with Gasteiger partial charge in [-0.25, -0.2) is 36.7 Å². The van der Waals surface area contributed by atoms with Gasteiger partial charge in [-0.1, -0.05) is 17.7 Å². The van der Waals surface area contributed by atoms with Gasteiger partial charge in [0.25, 0.3) is 17.9 Å². The number of hydrogen-bond donors (Lipinski definition) is 2. The molecule has 4 aromatic heterocycles. The van der Waals surface area contributed by atoms with Gasteiger partial charge < -0.3 is 5.32 Å². The fourth-order valence-electron chi connectivity index (χ4n) is 8.40. The average Bonchev–Trinajstić information content (AvgIpc) is 3.75. The van der Waals surface area contributed by atoms with Crippen LogP contribution in [0.2, 0.25) is 5.02 Å². The molecule has 2 aliphatic rings. The lowest BCUT2D eigenvalue weighted by Crippen LogP contribution is -2.38. The molecular weight excluding hydrogens is 919 g/mol. The topological polar surface area (TPSA) is 155 Å². The SMILES string of the molecule is C=S(C)(=O)Nc1nn(C)c2c(-n3c([C@H](Cc4cc(F)cc(F)c4)NC(=O)Cn4nc(C(F)F)c5c4C(F)(F)[C@@H]4C[C@H]54)nc4cc(-c5nccc(C(F)(F)F)n5)ccc4c3=O)ccc(Cl)c12. The number of anilines is 1. The summed E-state index contributed by atoms with van der Waals surface area (Å²) in [5.74, 6) is -6.19. The third-order valence-electron chi connectivity index (χ3n) is 11.0. The van der Waals surface area contributed by atoms with Crippen LogP contribution in [0.3, 0.4) is 0 Å². The van der Waals surface area contributed by atoms with Crippen molar-refractivity contribution in [1.29, 1.82) is 0 Å². The van der Waals surface area contributed by atoms with Crippen molar-refractivity contribution in [3.8, 4) is 17.1 Å². The third-order valence-corrected chi connectivity index (χ3v) is 12.0. The van der Waals surface area contributed by atoms with Crippen LogP contribution in [0.15, 0.2) is 65.6 Å². The Balaban J connectivity index is 1.26. The van der Waals surface area contributed by atoms with E-state index in [9.17, 15) is 39.7 Å². The summed E-state index contributed by atoms with van der Waals surface area (Å²) >= 11 is 6.66. The van der Waals surface area contributed by atoms with Crippen LogP contribution >= 0.6 is 11.6 Å². The van der Waals surface area contributed by atoms with Crippen LogP contribution in [0.4, 0.5) is 45.3 Å². The number of nitrogens with one attached hydrogen (secondary N) is 2. The maximum Gasteiger partial charge on any atom is 0.433 e. The molecule has 1 unspecified atom stereocenters. The maximum atomic E-state index is 15.5. The number of benzene rings is 3. The zero-order valence-corrected chi connectivity index (χ0v) is 35.0. The Bertz CT molecular complexity index is 3300. The fourth-order valence-corrected chi connectivity index (χ4v) is 9.20. The molecule has 2 aliphatic carbocycles. The van der Waals surface area contributed by atoms with Crippen LogP contribution in [-0.4, -0.2) is 61.3 Å². The number of halogens is 10. The standard InChI is InChI=1S/C41H30ClF9N10O3S/c1-59-33-27(7-6-24(42)31(33)37(57-59)58-65(2,3)64)61-38(54-25-13-18(4-5-21(25)39(61)63)36-52-9-8-28(55-36)41(49,50)51)26(12-17-10-19(43)14-20(44)11-17)53-29(62)16-60-34-30(32(56-60)35(45)46)22-15-23(22)40(34,47)48/h4-11,13-14,22-23,26,35H,2,12,15-16H2,1,3H3,(H,53,62)(H,57,58,64)/t22-,23+,26-,65?/m0/s1. The van der Waals surface area contributed by atoms with E-state index in [0.29, 0.717) is 16.8 Å². The van der Waals surface area contributed by atoms with E-state index < -0.39 is 111 Å². The molecule has 9 rings (SSSR count). The normalized spacial score (nSPS) is 17.9. The molecule has 3 aromatic carbocycles. The number of rotatable bonds is 11. The number of fused-ring (bicyclic) bond motifs is 5. The zero-order valence-electron chi connectivity index (χ0n) is 33.4. The van der Waals surface area contributed by atoms with Gasteiger partial charge in [-0.15, -0.1) is 0 Å². The lowest BCUT2D eigenvalue weighted by atomic mass is 10.0. The van der Waals surface area contributed by atoms with E-state index in [4.69, 9.17) is 16.6 Å². The van der Waals surface area contributed by atoms with Crippen LogP contribution in [0.1, 0.15) is 58.8 Å². The van der Waals surface area contributed by atoms with E-state index in [1.807, 2.05) is 0 Å². The fraction of sp³-hybridized carbons (Fsp3) is 0.268. The zero-order chi connectivity index (χ0) is 46.7. The molecule has 0 radical (unpaired) electrons. The second-order valence-electron chi connectivity index (χ2n) is 15.8. The second kappa shape index (κ2) is 15.3. The number of aryl methyl sites for hydroxylation is 1. The van der Waals surface area contributed by atoms with Gasteiger partial charge in [-0.05, 0) is 66.2 Å². The average molecular weight is 949 g/mol. The summed E-state index contributed by atoms with van der Waals surface area (Å²) in [4.78, 5) is 41.5.